The summed E-state index contributed by atoms with van der Waals surface area (Å²) >= 11 is 0. The van der Waals surface area contributed by atoms with E-state index < -0.39 is 17.3 Å². The summed E-state index contributed by atoms with van der Waals surface area (Å²) in [7, 11) is 0. The minimum Gasteiger partial charge on any atom is -0.375 e. The number of carbonyl (C=O) groups excluding carboxylic acids is 1. The molecule has 1 aromatic heterocycles. The van der Waals surface area contributed by atoms with Gasteiger partial charge in [0.25, 0.3) is 5.91 Å². The molecule has 1 fully saturated rings. The zero-order valence-electron chi connectivity index (χ0n) is 17.6. The Morgan fingerprint density at radius 3 is 2.59 bits per heavy atom. The zero-order chi connectivity index (χ0) is 22.7. The van der Waals surface area contributed by atoms with Gasteiger partial charge in [-0.2, -0.15) is 9.49 Å². The molecule has 1 heterocycles. The summed E-state index contributed by atoms with van der Waals surface area (Å²) in [5, 5.41) is 11.1. The van der Waals surface area contributed by atoms with E-state index in [1.807, 2.05) is 0 Å². The highest BCUT2D eigenvalue weighted by Gasteiger charge is 2.38. The molecule has 0 radical (unpaired) electrons. The molecular weight excluding hydrogens is 414 g/mol. The van der Waals surface area contributed by atoms with Crippen LogP contribution in [0.2, 0.25) is 0 Å². The quantitative estimate of drug-likeness (QED) is 0.487. The van der Waals surface area contributed by atoms with Crippen LogP contribution in [0.25, 0.3) is 0 Å². The average molecular weight is 440 g/mol. The minimum atomic E-state index is -0.595. The monoisotopic (exact) mass is 440 g/mol. The summed E-state index contributed by atoms with van der Waals surface area (Å²) in [4.78, 5) is 12.0. The molecule has 3 aliphatic carbocycles. The first-order chi connectivity index (χ1) is 15.4. The first kappa shape index (κ1) is 21.8. The van der Waals surface area contributed by atoms with Gasteiger partial charge in [-0.3, -0.25) is 9.48 Å². The van der Waals surface area contributed by atoms with E-state index in [-0.39, 0.29) is 17.4 Å². The number of anilines is 1. The summed E-state index contributed by atoms with van der Waals surface area (Å²) in [6.07, 6.45) is 11.6. The Labute approximate surface area is 184 Å². The Balaban J connectivity index is 1.51. The van der Waals surface area contributed by atoms with Crippen molar-refractivity contribution in [1.29, 1.82) is 0 Å². The lowest BCUT2D eigenvalue weighted by Gasteiger charge is -2.40. The van der Waals surface area contributed by atoms with Gasteiger partial charge < -0.3 is 22.1 Å². The van der Waals surface area contributed by atoms with Crippen LogP contribution in [0.3, 0.4) is 0 Å². The van der Waals surface area contributed by atoms with Crippen molar-refractivity contribution in [3.8, 4) is 0 Å². The van der Waals surface area contributed by atoms with Gasteiger partial charge in [0, 0.05) is 30.9 Å². The maximum Gasteiger partial charge on any atom is 0.254 e. The molecule has 1 aromatic rings. The Morgan fingerprint density at radius 2 is 2.00 bits per heavy atom. The lowest BCUT2D eigenvalue weighted by Crippen LogP contribution is -2.47. The topological polar surface area (TPSA) is 111 Å². The third-order valence-electron chi connectivity index (χ3n) is 6.21. The van der Waals surface area contributed by atoms with Gasteiger partial charge in [-0.15, -0.1) is 0 Å². The van der Waals surface area contributed by atoms with Gasteiger partial charge >= 0.3 is 0 Å². The van der Waals surface area contributed by atoms with E-state index in [2.05, 4.69) is 27.2 Å². The van der Waals surface area contributed by atoms with Crippen molar-refractivity contribution in [1.82, 2.24) is 15.1 Å². The molecule has 6 N–H and O–H groups in total. The minimum absolute atomic E-state index is 0.181. The van der Waals surface area contributed by atoms with Crippen molar-refractivity contribution < 1.29 is 13.6 Å². The normalized spacial score (nSPS) is 24.9. The predicted molar refractivity (Wildman–Crippen MR) is 118 cm³/mol. The Morgan fingerprint density at radius 1 is 1.22 bits per heavy atom. The first-order valence-corrected chi connectivity index (χ1v) is 10.7. The van der Waals surface area contributed by atoms with Crippen molar-refractivity contribution in [2.45, 2.75) is 50.1 Å². The third-order valence-corrected chi connectivity index (χ3v) is 6.21. The standard InChI is InChI=1S/C23H26F2N6O/c24-15-1-5-17(6-2-15)28-19-9-11-23(14-26,12-10-19)31-13-20(21(27)32)22(30-31)29-18-7-3-16(25)4-8-18/h1,3,5,7,13,19,28H,4,8-12,14,26H2,(H2,27,32)(H,29,30). The second-order valence-electron chi connectivity index (χ2n) is 8.32. The van der Waals surface area contributed by atoms with Gasteiger partial charge in [0.2, 0.25) is 0 Å². The van der Waals surface area contributed by atoms with Crippen LogP contribution in [0.1, 0.15) is 48.9 Å². The zero-order valence-corrected chi connectivity index (χ0v) is 17.6. The number of nitrogens with zero attached hydrogens (tertiary/aromatic N) is 2. The van der Waals surface area contributed by atoms with E-state index in [9.17, 15) is 13.6 Å². The molecule has 0 spiro atoms. The fraction of sp³-hybridized carbons (Fsp3) is 0.391. The van der Waals surface area contributed by atoms with E-state index in [1.54, 1.807) is 23.0 Å². The van der Waals surface area contributed by atoms with Gasteiger partial charge in [0.05, 0.1) is 11.2 Å². The van der Waals surface area contributed by atoms with Crippen molar-refractivity contribution in [2.24, 2.45) is 11.5 Å². The highest BCUT2D eigenvalue weighted by atomic mass is 19.1. The van der Waals surface area contributed by atoms with Crippen molar-refractivity contribution >= 4 is 11.7 Å². The van der Waals surface area contributed by atoms with Gasteiger partial charge in [-0.1, -0.05) is 0 Å². The van der Waals surface area contributed by atoms with Crippen LogP contribution in [0.5, 0.6) is 0 Å². The van der Waals surface area contributed by atoms with E-state index in [1.165, 1.54) is 12.2 Å². The van der Waals surface area contributed by atoms with Crippen molar-refractivity contribution in [3.05, 3.63) is 70.6 Å². The fourth-order valence-corrected chi connectivity index (χ4v) is 4.25. The molecule has 168 valence electrons. The summed E-state index contributed by atoms with van der Waals surface area (Å²) in [5.41, 5.74) is 18.3. The van der Waals surface area contributed by atoms with Gasteiger partial charge in [-0.25, -0.2) is 4.39 Å². The number of amides is 1. The van der Waals surface area contributed by atoms with Crippen molar-refractivity contribution in [3.63, 3.8) is 0 Å². The van der Waals surface area contributed by atoms with Crippen LogP contribution in [-0.2, 0) is 5.54 Å². The van der Waals surface area contributed by atoms with E-state index in [0.717, 1.165) is 31.4 Å². The predicted octanol–water partition coefficient (Wildman–Crippen LogP) is 3.17. The molecule has 9 heteroatoms. The van der Waals surface area contributed by atoms with Crippen LogP contribution in [0, 0.1) is 0 Å². The van der Waals surface area contributed by atoms with E-state index >= 15 is 0 Å². The summed E-state index contributed by atoms with van der Waals surface area (Å²) in [6.45, 7) is 0.353. The number of hydrogen-bond acceptors (Lipinski definition) is 5. The molecule has 0 aliphatic heterocycles. The highest BCUT2D eigenvalue weighted by molar-refractivity contribution is 5.97. The maximum atomic E-state index is 13.3. The number of nitrogens with two attached hydrogens (primary N) is 2. The molecule has 7 nitrogen and oxygen atoms in total. The summed E-state index contributed by atoms with van der Waals surface area (Å²) in [6, 6.07) is 0.183. The molecule has 4 rings (SSSR count). The number of rotatable bonds is 7. The number of primary amides is 1. The number of carbonyl (C=O) groups is 1. The Bertz CT molecular complexity index is 1110. The molecule has 0 bridgehead atoms. The van der Waals surface area contributed by atoms with Crippen LogP contribution in [0.4, 0.5) is 14.6 Å². The molecule has 1 saturated carbocycles. The number of aromatic nitrogens is 2. The highest BCUT2D eigenvalue weighted by Crippen LogP contribution is 2.36. The number of nitrogens with one attached hydrogen (secondary N) is 2. The van der Waals surface area contributed by atoms with E-state index in [4.69, 9.17) is 11.5 Å². The average Bonchev–Trinajstić information content (AvgIpc) is 3.22. The third kappa shape index (κ3) is 4.60. The van der Waals surface area contributed by atoms with Crippen LogP contribution < -0.4 is 22.1 Å². The van der Waals surface area contributed by atoms with Crippen LogP contribution in [0.15, 0.2) is 65.0 Å². The second-order valence-corrected chi connectivity index (χ2v) is 8.32. The van der Waals surface area contributed by atoms with Crippen LogP contribution in [-0.4, -0.2) is 28.3 Å². The lowest BCUT2D eigenvalue weighted by molar-refractivity contribution is 0.1000. The Kier molecular flexibility index (Phi) is 6.15. The summed E-state index contributed by atoms with van der Waals surface area (Å²) in [5.74, 6) is -0.869. The van der Waals surface area contributed by atoms with Gasteiger partial charge in [0.1, 0.15) is 11.4 Å². The molecule has 32 heavy (non-hydrogen) atoms. The van der Waals surface area contributed by atoms with Crippen LogP contribution >= 0.6 is 0 Å². The number of hydrogen-bond donors (Lipinski definition) is 4. The lowest BCUT2D eigenvalue weighted by atomic mass is 9.79. The van der Waals surface area contributed by atoms with Gasteiger partial charge in [-0.05, 0) is 67.9 Å². The fourth-order valence-electron chi connectivity index (χ4n) is 4.25. The molecule has 0 saturated heterocycles. The van der Waals surface area contributed by atoms with E-state index in [0.29, 0.717) is 30.9 Å². The molecule has 3 aliphatic rings. The molecule has 1 amide bonds. The maximum absolute atomic E-state index is 13.3. The smallest absolute Gasteiger partial charge is 0.254 e. The number of allylic oxidation sites excluding steroid dienone is 7. The Hall–Kier alpha value is -3.38. The van der Waals surface area contributed by atoms with Gasteiger partial charge in [0.15, 0.2) is 11.6 Å². The SMILES string of the molecule is NCC1(n2cc(C(N)=O)c(NC3=CC=C(F)CC3)n2)CCC(NC2=C=C=C(F)C=C2)CC1. The number of halogens is 2. The summed E-state index contributed by atoms with van der Waals surface area (Å²) < 4.78 is 28.1. The second kappa shape index (κ2) is 9.01. The molecule has 0 aromatic carbocycles. The molecule has 0 atom stereocenters. The largest absolute Gasteiger partial charge is 0.375 e. The molecular formula is C23H26F2N6O. The van der Waals surface area contributed by atoms with Crippen molar-refractivity contribution in [2.75, 3.05) is 11.9 Å². The first-order valence-electron chi connectivity index (χ1n) is 10.7. The molecule has 0 unspecified atom stereocenters.